The van der Waals surface area contributed by atoms with Crippen LogP contribution in [0.15, 0.2) is 103 Å². The summed E-state index contributed by atoms with van der Waals surface area (Å²) in [6, 6.07) is 31.4. The molecule has 2 amide bonds. The van der Waals surface area contributed by atoms with Crippen LogP contribution in [0.4, 0.5) is 20.6 Å². The van der Waals surface area contributed by atoms with E-state index >= 15 is 0 Å². The number of hydrogen-bond acceptors (Lipinski definition) is 2. The van der Waals surface area contributed by atoms with Gasteiger partial charge in [-0.2, -0.15) is 0 Å². The lowest BCUT2D eigenvalue weighted by molar-refractivity contribution is 0.256. The van der Waals surface area contributed by atoms with Gasteiger partial charge in [-0.1, -0.05) is 60.7 Å². The van der Waals surface area contributed by atoms with E-state index in [1.807, 2.05) is 36.4 Å². The van der Waals surface area contributed by atoms with E-state index in [0.29, 0.717) is 18.0 Å². The van der Waals surface area contributed by atoms with Crippen LogP contribution in [0.5, 0.6) is 5.75 Å². The molecule has 5 heteroatoms. The van der Waals surface area contributed by atoms with E-state index in [-0.39, 0.29) is 5.69 Å². The molecule has 0 aliphatic heterocycles. The number of halogens is 1. The van der Waals surface area contributed by atoms with Gasteiger partial charge in [0.2, 0.25) is 0 Å². The molecular formula is C29H23FN2O2. The van der Waals surface area contributed by atoms with E-state index in [1.54, 1.807) is 42.3 Å². The molecule has 5 rings (SSSR count). The lowest BCUT2D eigenvalue weighted by Crippen LogP contribution is -2.35. The number of carbonyl (C=O) groups is 1. The zero-order valence-electron chi connectivity index (χ0n) is 18.7. The molecule has 0 atom stereocenters. The quantitative estimate of drug-likeness (QED) is 0.284. The summed E-state index contributed by atoms with van der Waals surface area (Å²) in [5, 5.41) is 7.07. The summed E-state index contributed by atoms with van der Waals surface area (Å²) in [6.07, 6.45) is 0. The number of amides is 2. The molecule has 4 nitrogen and oxygen atoms in total. The van der Waals surface area contributed by atoms with Crippen molar-refractivity contribution < 1.29 is 13.9 Å². The van der Waals surface area contributed by atoms with Gasteiger partial charge in [0.25, 0.3) is 0 Å². The molecule has 0 bridgehead atoms. The minimum Gasteiger partial charge on any atom is -0.497 e. The van der Waals surface area contributed by atoms with Crippen molar-refractivity contribution in [2.24, 2.45) is 0 Å². The Bertz CT molecular complexity index is 1430. The van der Waals surface area contributed by atoms with Gasteiger partial charge in [-0.25, -0.2) is 9.18 Å². The summed E-state index contributed by atoms with van der Waals surface area (Å²) in [7, 11) is 1.60. The predicted octanol–water partition coefficient (Wildman–Crippen LogP) is 7.38. The number of ether oxygens (including phenoxy) is 1. The number of benzene rings is 5. The summed E-state index contributed by atoms with van der Waals surface area (Å²) in [6.45, 7) is 0.300. The third-order valence-electron chi connectivity index (χ3n) is 5.94. The fraction of sp³-hybridized carbons (Fsp3) is 0.0690. The predicted molar refractivity (Wildman–Crippen MR) is 136 cm³/mol. The molecule has 34 heavy (non-hydrogen) atoms. The maximum atomic E-state index is 14.3. The maximum Gasteiger partial charge on any atom is 0.326 e. The van der Waals surface area contributed by atoms with Gasteiger partial charge >= 0.3 is 6.03 Å². The van der Waals surface area contributed by atoms with Crippen LogP contribution in [0.25, 0.3) is 21.5 Å². The molecule has 5 aromatic carbocycles. The first kappa shape index (κ1) is 21.5. The average molecular weight is 451 g/mol. The van der Waals surface area contributed by atoms with Gasteiger partial charge in [-0.3, -0.25) is 4.90 Å². The van der Waals surface area contributed by atoms with Gasteiger partial charge in [-0.15, -0.1) is 0 Å². The van der Waals surface area contributed by atoms with Gasteiger partial charge in [0, 0.05) is 5.69 Å². The molecule has 0 saturated carbocycles. The second kappa shape index (κ2) is 9.24. The maximum absolute atomic E-state index is 14.3. The van der Waals surface area contributed by atoms with Crippen molar-refractivity contribution in [3.63, 3.8) is 0 Å². The number of fused-ring (bicyclic) bond motifs is 2. The van der Waals surface area contributed by atoms with Crippen molar-refractivity contribution >= 4 is 39.0 Å². The highest BCUT2D eigenvalue weighted by Crippen LogP contribution is 2.32. The molecule has 0 spiro atoms. The molecule has 5 aromatic rings. The van der Waals surface area contributed by atoms with Crippen molar-refractivity contribution in [3.05, 3.63) is 115 Å². The molecule has 0 aliphatic rings. The second-order valence-corrected chi connectivity index (χ2v) is 7.99. The zero-order chi connectivity index (χ0) is 23.5. The van der Waals surface area contributed by atoms with E-state index < -0.39 is 11.8 Å². The Morgan fingerprint density at radius 1 is 0.824 bits per heavy atom. The summed E-state index contributed by atoms with van der Waals surface area (Å²) in [5.41, 5.74) is 1.83. The highest BCUT2D eigenvalue weighted by molar-refractivity contribution is 6.05. The number of carbonyl (C=O) groups excluding carboxylic acids is 1. The van der Waals surface area contributed by atoms with Gasteiger partial charge in [0.05, 0.1) is 19.3 Å². The SMILES string of the molecule is COc1ccc(N(Cc2c3ccccc3cc3ccccc23)C(=O)Nc2ccccc2F)cc1. The molecule has 0 radical (unpaired) electrons. The number of nitrogens with zero attached hydrogens (tertiary/aromatic N) is 1. The van der Waals surface area contributed by atoms with Gasteiger partial charge < -0.3 is 10.1 Å². The van der Waals surface area contributed by atoms with Crippen molar-refractivity contribution in [2.75, 3.05) is 17.3 Å². The molecule has 0 fully saturated rings. The van der Waals surface area contributed by atoms with E-state index in [9.17, 15) is 9.18 Å². The highest BCUT2D eigenvalue weighted by Gasteiger charge is 2.20. The standard InChI is InChI=1S/C29H23FN2O2/c1-34-23-16-14-22(15-17-23)32(29(33)31-28-13-7-6-12-27(28)30)19-26-24-10-4-2-8-20(24)18-21-9-3-5-11-25(21)26/h2-18H,19H2,1H3,(H,31,33). The number of anilines is 2. The van der Waals surface area contributed by atoms with Crippen LogP contribution in [0.3, 0.4) is 0 Å². The van der Waals surface area contributed by atoms with Gasteiger partial charge in [0.15, 0.2) is 0 Å². The van der Waals surface area contributed by atoms with Crippen LogP contribution < -0.4 is 15.0 Å². The van der Waals surface area contributed by atoms with E-state index in [4.69, 9.17) is 4.74 Å². The number of methoxy groups -OCH3 is 1. The van der Waals surface area contributed by atoms with Crippen LogP contribution in [0.1, 0.15) is 5.56 Å². The second-order valence-electron chi connectivity index (χ2n) is 7.99. The van der Waals surface area contributed by atoms with Gasteiger partial charge in [0.1, 0.15) is 11.6 Å². The Hall–Kier alpha value is -4.38. The lowest BCUT2D eigenvalue weighted by atomic mass is 9.96. The largest absolute Gasteiger partial charge is 0.497 e. The lowest BCUT2D eigenvalue weighted by Gasteiger charge is -2.25. The summed E-state index contributed by atoms with van der Waals surface area (Å²) < 4.78 is 19.6. The Labute approximate surface area is 197 Å². The molecule has 0 unspecified atom stereocenters. The van der Waals surface area contributed by atoms with Crippen LogP contribution in [-0.4, -0.2) is 13.1 Å². The van der Waals surface area contributed by atoms with Crippen molar-refractivity contribution in [3.8, 4) is 5.75 Å². The molecule has 0 saturated heterocycles. The Balaban J connectivity index is 1.62. The van der Waals surface area contributed by atoms with E-state index in [0.717, 1.165) is 27.1 Å². The van der Waals surface area contributed by atoms with Gasteiger partial charge in [-0.05, 0) is 69.6 Å². The van der Waals surface area contributed by atoms with E-state index in [1.165, 1.54) is 6.07 Å². The number of para-hydroxylation sites is 1. The fourth-order valence-corrected chi connectivity index (χ4v) is 4.22. The molecular weight excluding hydrogens is 427 g/mol. The van der Waals surface area contributed by atoms with Crippen LogP contribution in [0, 0.1) is 5.82 Å². The Morgan fingerprint density at radius 2 is 1.41 bits per heavy atom. The minimum atomic E-state index is -0.485. The molecule has 0 aliphatic carbocycles. The molecule has 1 N–H and O–H groups in total. The topological polar surface area (TPSA) is 41.6 Å². The molecule has 168 valence electrons. The monoisotopic (exact) mass is 450 g/mol. The zero-order valence-corrected chi connectivity index (χ0v) is 18.7. The van der Waals surface area contributed by atoms with Crippen LogP contribution in [0.2, 0.25) is 0 Å². The van der Waals surface area contributed by atoms with Crippen LogP contribution in [-0.2, 0) is 6.54 Å². The number of nitrogens with one attached hydrogen (secondary N) is 1. The van der Waals surface area contributed by atoms with Crippen molar-refractivity contribution in [1.29, 1.82) is 0 Å². The van der Waals surface area contributed by atoms with Crippen molar-refractivity contribution in [1.82, 2.24) is 0 Å². The minimum absolute atomic E-state index is 0.133. The third-order valence-corrected chi connectivity index (χ3v) is 5.94. The fourth-order valence-electron chi connectivity index (χ4n) is 4.22. The first-order valence-corrected chi connectivity index (χ1v) is 11.0. The first-order valence-electron chi connectivity index (χ1n) is 11.0. The summed E-state index contributed by atoms with van der Waals surface area (Å²) in [5.74, 6) is 0.204. The number of hydrogen-bond donors (Lipinski definition) is 1. The first-order chi connectivity index (χ1) is 16.6. The molecule has 0 heterocycles. The third kappa shape index (κ3) is 4.16. The molecule has 0 aromatic heterocycles. The number of urea groups is 1. The van der Waals surface area contributed by atoms with Crippen molar-refractivity contribution in [2.45, 2.75) is 6.54 Å². The van der Waals surface area contributed by atoms with E-state index in [2.05, 4.69) is 35.6 Å². The Morgan fingerprint density at radius 3 is 2.03 bits per heavy atom. The average Bonchev–Trinajstić information content (AvgIpc) is 2.88. The number of rotatable bonds is 5. The highest BCUT2D eigenvalue weighted by atomic mass is 19.1. The normalized spacial score (nSPS) is 10.9. The summed E-state index contributed by atoms with van der Waals surface area (Å²) in [4.78, 5) is 15.1. The summed E-state index contributed by atoms with van der Waals surface area (Å²) >= 11 is 0. The van der Waals surface area contributed by atoms with Crippen LogP contribution >= 0.6 is 0 Å². The Kier molecular flexibility index (Phi) is 5.83. The smallest absolute Gasteiger partial charge is 0.326 e.